The molecule has 1 amide bonds. The summed E-state index contributed by atoms with van der Waals surface area (Å²) in [6, 6.07) is 7.64. The molecule has 5 heteroatoms. The summed E-state index contributed by atoms with van der Waals surface area (Å²) < 4.78 is 0. The van der Waals surface area contributed by atoms with Crippen LogP contribution in [0.25, 0.3) is 0 Å². The van der Waals surface area contributed by atoms with Crippen molar-refractivity contribution in [3.05, 3.63) is 35.4 Å². The average Bonchev–Trinajstić information content (AvgIpc) is 2.37. The predicted octanol–water partition coefficient (Wildman–Crippen LogP) is 2.27. The van der Waals surface area contributed by atoms with Gasteiger partial charge < -0.3 is 16.0 Å². The van der Waals surface area contributed by atoms with Crippen molar-refractivity contribution in [2.75, 3.05) is 20.6 Å². The molecule has 21 heavy (non-hydrogen) atoms. The number of benzene rings is 1. The van der Waals surface area contributed by atoms with Crippen molar-refractivity contribution in [2.45, 2.75) is 32.9 Å². The second kappa shape index (κ2) is 9.77. The largest absolute Gasteiger partial charge is 0.348 e. The topological polar surface area (TPSA) is 58.4 Å². The third kappa shape index (κ3) is 7.46. The molecule has 0 bridgehead atoms. The van der Waals surface area contributed by atoms with Crippen LogP contribution in [0.3, 0.4) is 0 Å². The number of amides is 1. The molecule has 1 rings (SSSR count). The highest BCUT2D eigenvalue weighted by atomic mass is 35.5. The Labute approximate surface area is 134 Å². The van der Waals surface area contributed by atoms with Crippen LogP contribution in [0, 0.1) is 5.92 Å². The first kappa shape index (κ1) is 19.9. The minimum absolute atomic E-state index is 0. The smallest absolute Gasteiger partial charge is 0.251 e. The maximum Gasteiger partial charge on any atom is 0.251 e. The summed E-state index contributed by atoms with van der Waals surface area (Å²) in [7, 11) is 4.05. The van der Waals surface area contributed by atoms with Crippen molar-refractivity contribution in [2.24, 2.45) is 11.7 Å². The number of hydrogen-bond acceptors (Lipinski definition) is 3. The van der Waals surface area contributed by atoms with Crippen LogP contribution in [0.4, 0.5) is 0 Å². The number of hydrogen-bond donors (Lipinski definition) is 2. The van der Waals surface area contributed by atoms with E-state index in [9.17, 15) is 4.79 Å². The SMILES string of the molecule is CC(C)CC(CN(C)C)NC(=O)c1ccc(CN)cc1.Cl. The van der Waals surface area contributed by atoms with Crippen molar-refractivity contribution in [3.8, 4) is 0 Å². The first-order valence-corrected chi connectivity index (χ1v) is 7.17. The molecule has 1 aromatic rings. The summed E-state index contributed by atoms with van der Waals surface area (Å²) in [5.74, 6) is 0.543. The molecule has 0 aromatic heterocycles. The van der Waals surface area contributed by atoms with E-state index in [1.165, 1.54) is 0 Å². The predicted molar refractivity (Wildman–Crippen MR) is 90.8 cm³/mol. The Morgan fingerprint density at radius 2 is 1.81 bits per heavy atom. The van der Waals surface area contributed by atoms with Gasteiger partial charge in [-0.2, -0.15) is 0 Å². The minimum atomic E-state index is -0.0129. The molecule has 120 valence electrons. The van der Waals surface area contributed by atoms with Crippen molar-refractivity contribution in [1.82, 2.24) is 10.2 Å². The molecule has 0 heterocycles. The molecular weight excluding hydrogens is 286 g/mol. The van der Waals surface area contributed by atoms with Gasteiger partial charge >= 0.3 is 0 Å². The molecule has 1 atom stereocenters. The highest BCUT2D eigenvalue weighted by Gasteiger charge is 2.16. The van der Waals surface area contributed by atoms with E-state index in [1.54, 1.807) is 0 Å². The maximum atomic E-state index is 12.3. The summed E-state index contributed by atoms with van der Waals surface area (Å²) in [4.78, 5) is 14.4. The molecule has 0 aliphatic rings. The maximum absolute atomic E-state index is 12.3. The number of carbonyl (C=O) groups is 1. The van der Waals surface area contributed by atoms with E-state index >= 15 is 0 Å². The number of rotatable bonds is 7. The van der Waals surface area contributed by atoms with Gasteiger partial charge in [0, 0.05) is 24.7 Å². The zero-order valence-electron chi connectivity index (χ0n) is 13.4. The van der Waals surface area contributed by atoms with Crippen LogP contribution in [0.5, 0.6) is 0 Å². The molecule has 0 aliphatic heterocycles. The van der Waals surface area contributed by atoms with Gasteiger partial charge in [-0.15, -0.1) is 12.4 Å². The lowest BCUT2D eigenvalue weighted by Crippen LogP contribution is -2.42. The van der Waals surface area contributed by atoms with Crippen LogP contribution in [0.15, 0.2) is 24.3 Å². The van der Waals surface area contributed by atoms with Crippen molar-refractivity contribution >= 4 is 18.3 Å². The van der Waals surface area contributed by atoms with Crippen LogP contribution in [-0.4, -0.2) is 37.5 Å². The molecule has 0 aliphatic carbocycles. The van der Waals surface area contributed by atoms with Crippen molar-refractivity contribution < 1.29 is 4.79 Å². The highest BCUT2D eigenvalue weighted by Crippen LogP contribution is 2.08. The molecule has 0 saturated heterocycles. The van der Waals surface area contributed by atoms with Crippen molar-refractivity contribution in [3.63, 3.8) is 0 Å². The third-order valence-electron chi connectivity index (χ3n) is 3.13. The van der Waals surface area contributed by atoms with Crippen LogP contribution in [0.1, 0.15) is 36.2 Å². The number of carbonyl (C=O) groups excluding carboxylic acids is 1. The quantitative estimate of drug-likeness (QED) is 0.812. The van der Waals surface area contributed by atoms with Gasteiger partial charge in [-0.05, 0) is 44.1 Å². The average molecular weight is 314 g/mol. The highest BCUT2D eigenvalue weighted by molar-refractivity contribution is 5.94. The molecular formula is C16H28ClN3O. The molecule has 3 N–H and O–H groups in total. The zero-order valence-corrected chi connectivity index (χ0v) is 14.2. The van der Waals surface area contributed by atoms with Crippen LogP contribution >= 0.6 is 12.4 Å². The lowest BCUT2D eigenvalue weighted by Gasteiger charge is -2.24. The Morgan fingerprint density at radius 3 is 2.24 bits per heavy atom. The van der Waals surface area contributed by atoms with E-state index in [4.69, 9.17) is 5.73 Å². The monoisotopic (exact) mass is 313 g/mol. The molecule has 0 spiro atoms. The fourth-order valence-corrected chi connectivity index (χ4v) is 2.25. The normalized spacial score (nSPS) is 12.1. The Bertz CT molecular complexity index is 408. The molecule has 1 aromatic carbocycles. The van der Waals surface area contributed by atoms with Gasteiger partial charge in [-0.3, -0.25) is 4.79 Å². The lowest BCUT2D eigenvalue weighted by atomic mass is 10.0. The molecule has 0 saturated carbocycles. The standard InChI is InChI=1S/C16H27N3O.ClH/c1-12(2)9-15(11-19(3)4)18-16(20)14-7-5-13(10-17)6-8-14;/h5-8,12,15H,9-11,17H2,1-4H3,(H,18,20);1H. The number of likely N-dealkylation sites (N-methyl/N-ethyl adjacent to an activating group) is 1. The minimum Gasteiger partial charge on any atom is -0.348 e. The fourth-order valence-electron chi connectivity index (χ4n) is 2.25. The Balaban J connectivity index is 0.00000400. The van der Waals surface area contributed by atoms with Gasteiger partial charge in [-0.25, -0.2) is 0 Å². The van der Waals surface area contributed by atoms with Gasteiger partial charge in [0.05, 0.1) is 0 Å². The van der Waals surface area contributed by atoms with Gasteiger partial charge in [0.25, 0.3) is 5.91 Å². The summed E-state index contributed by atoms with van der Waals surface area (Å²) in [5.41, 5.74) is 7.29. The Morgan fingerprint density at radius 1 is 1.24 bits per heavy atom. The Kier molecular flexibility index (Phi) is 9.26. The first-order valence-electron chi connectivity index (χ1n) is 7.17. The van der Waals surface area contributed by atoms with E-state index in [1.807, 2.05) is 38.4 Å². The second-order valence-electron chi connectivity index (χ2n) is 5.96. The zero-order chi connectivity index (χ0) is 15.1. The van der Waals surface area contributed by atoms with Gasteiger partial charge in [0.15, 0.2) is 0 Å². The summed E-state index contributed by atoms with van der Waals surface area (Å²) in [6.45, 7) is 5.69. The summed E-state index contributed by atoms with van der Waals surface area (Å²) >= 11 is 0. The summed E-state index contributed by atoms with van der Waals surface area (Å²) in [6.07, 6.45) is 0.977. The molecule has 0 fully saturated rings. The van der Waals surface area contributed by atoms with E-state index in [0.717, 1.165) is 18.5 Å². The van der Waals surface area contributed by atoms with Gasteiger partial charge in [0.1, 0.15) is 0 Å². The lowest BCUT2D eigenvalue weighted by molar-refractivity contribution is 0.0924. The fraction of sp³-hybridized carbons (Fsp3) is 0.562. The number of nitrogens with one attached hydrogen (secondary N) is 1. The van der Waals surface area contributed by atoms with Crippen molar-refractivity contribution in [1.29, 1.82) is 0 Å². The first-order chi connectivity index (χ1) is 9.42. The molecule has 1 unspecified atom stereocenters. The van der Waals surface area contributed by atoms with E-state index < -0.39 is 0 Å². The van der Waals surface area contributed by atoms with Gasteiger partial charge in [0.2, 0.25) is 0 Å². The number of nitrogens with two attached hydrogens (primary N) is 1. The van der Waals surface area contributed by atoms with Crippen LogP contribution < -0.4 is 11.1 Å². The van der Waals surface area contributed by atoms with E-state index in [0.29, 0.717) is 18.0 Å². The van der Waals surface area contributed by atoms with Crippen LogP contribution in [-0.2, 0) is 6.54 Å². The number of nitrogens with zero attached hydrogens (tertiary/aromatic N) is 1. The van der Waals surface area contributed by atoms with E-state index in [-0.39, 0.29) is 24.4 Å². The van der Waals surface area contributed by atoms with Crippen LogP contribution in [0.2, 0.25) is 0 Å². The summed E-state index contributed by atoms with van der Waals surface area (Å²) in [5, 5.41) is 3.12. The van der Waals surface area contributed by atoms with Gasteiger partial charge in [-0.1, -0.05) is 26.0 Å². The number of halogens is 1. The third-order valence-corrected chi connectivity index (χ3v) is 3.13. The second-order valence-corrected chi connectivity index (χ2v) is 5.96. The molecule has 0 radical (unpaired) electrons. The van der Waals surface area contributed by atoms with E-state index in [2.05, 4.69) is 24.1 Å². The molecule has 4 nitrogen and oxygen atoms in total. The Hall–Kier alpha value is -1.10.